The van der Waals surface area contributed by atoms with E-state index in [9.17, 15) is 9.59 Å². The van der Waals surface area contributed by atoms with Gasteiger partial charge in [0.1, 0.15) is 0 Å². The van der Waals surface area contributed by atoms with E-state index in [2.05, 4.69) is 10.2 Å². The number of likely N-dealkylation sites (tertiary alicyclic amines) is 1. The Kier molecular flexibility index (Phi) is 4.41. The van der Waals surface area contributed by atoms with Crippen molar-refractivity contribution in [2.45, 2.75) is 25.2 Å². The molecule has 0 unspecified atom stereocenters. The van der Waals surface area contributed by atoms with Gasteiger partial charge in [0, 0.05) is 19.3 Å². The largest absolute Gasteiger partial charge is 0.478 e. The zero-order valence-electron chi connectivity index (χ0n) is 12.7. The lowest BCUT2D eigenvalue weighted by molar-refractivity contribution is -0.131. The van der Waals surface area contributed by atoms with Crippen LogP contribution in [0.25, 0.3) is 0 Å². The molecule has 0 atom stereocenters. The number of piperidine rings is 1. The molecular weight excluding hydrogens is 294 g/mol. The lowest BCUT2D eigenvalue weighted by Gasteiger charge is -2.31. The van der Waals surface area contributed by atoms with Crippen LogP contribution in [0.15, 0.2) is 36.7 Å². The quantitative estimate of drug-likeness (QED) is 0.904. The summed E-state index contributed by atoms with van der Waals surface area (Å²) in [6.45, 7) is 1.46. The van der Waals surface area contributed by atoms with Gasteiger partial charge in [-0.2, -0.15) is 5.10 Å². The summed E-state index contributed by atoms with van der Waals surface area (Å²) in [6.07, 6.45) is 5.87. The number of carboxylic acids is 1. The Morgan fingerprint density at radius 3 is 2.74 bits per heavy atom. The molecule has 0 spiro atoms. The number of hydrogen-bond acceptors (Lipinski definition) is 3. The van der Waals surface area contributed by atoms with E-state index < -0.39 is 5.97 Å². The Bertz CT molecular complexity index is 689. The summed E-state index contributed by atoms with van der Waals surface area (Å²) < 4.78 is 0. The molecule has 1 fully saturated rings. The highest BCUT2D eigenvalue weighted by Gasteiger charge is 2.24. The molecule has 1 aliphatic heterocycles. The van der Waals surface area contributed by atoms with Gasteiger partial charge in [0.15, 0.2) is 0 Å². The van der Waals surface area contributed by atoms with Crippen LogP contribution in [0.2, 0.25) is 0 Å². The van der Waals surface area contributed by atoms with Crippen LogP contribution in [0.4, 0.5) is 0 Å². The van der Waals surface area contributed by atoms with E-state index in [4.69, 9.17) is 5.11 Å². The van der Waals surface area contributed by atoms with Gasteiger partial charge in [-0.1, -0.05) is 12.1 Å². The first-order chi connectivity index (χ1) is 11.1. The molecule has 3 rings (SSSR count). The van der Waals surface area contributed by atoms with Crippen LogP contribution in [-0.2, 0) is 11.2 Å². The van der Waals surface area contributed by atoms with Crippen molar-refractivity contribution in [1.29, 1.82) is 0 Å². The SMILES string of the molecule is O=C(O)c1cccc(CC(=O)N2CCC(c3cn[nH]c3)CC2)c1. The highest BCUT2D eigenvalue weighted by atomic mass is 16.4. The third-order valence-corrected chi connectivity index (χ3v) is 4.37. The standard InChI is InChI=1S/C17H19N3O3/c21-16(9-12-2-1-3-14(8-12)17(22)23)20-6-4-13(5-7-20)15-10-18-19-11-15/h1-3,8,10-11,13H,4-7,9H2,(H,18,19)(H,22,23). The van der Waals surface area contributed by atoms with Crippen LogP contribution in [0.5, 0.6) is 0 Å². The summed E-state index contributed by atoms with van der Waals surface area (Å²) in [5.41, 5.74) is 2.16. The molecule has 0 radical (unpaired) electrons. The van der Waals surface area contributed by atoms with Crippen LogP contribution in [0.1, 0.15) is 40.2 Å². The van der Waals surface area contributed by atoms with E-state index in [0.29, 0.717) is 5.92 Å². The number of aromatic carboxylic acids is 1. The van der Waals surface area contributed by atoms with Gasteiger partial charge in [0.2, 0.25) is 5.91 Å². The summed E-state index contributed by atoms with van der Waals surface area (Å²) >= 11 is 0. The molecule has 1 aromatic carbocycles. The molecule has 0 saturated carbocycles. The summed E-state index contributed by atoms with van der Waals surface area (Å²) in [5.74, 6) is -0.466. The van der Waals surface area contributed by atoms with E-state index >= 15 is 0 Å². The number of carbonyl (C=O) groups is 2. The number of aromatic nitrogens is 2. The second-order valence-corrected chi connectivity index (χ2v) is 5.87. The fourth-order valence-electron chi connectivity index (χ4n) is 3.05. The van der Waals surface area contributed by atoms with E-state index in [-0.39, 0.29) is 17.9 Å². The maximum atomic E-state index is 12.4. The first-order valence-corrected chi connectivity index (χ1v) is 7.72. The lowest BCUT2D eigenvalue weighted by atomic mass is 9.91. The first-order valence-electron chi connectivity index (χ1n) is 7.72. The Morgan fingerprint density at radius 1 is 1.30 bits per heavy atom. The average molecular weight is 313 g/mol. The highest BCUT2D eigenvalue weighted by Crippen LogP contribution is 2.27. The van der Waals surface area contributed by atoms with E-state index in [1.165, 1.54) is 11.6 Å². The molecule has 23 heavy (non-hydrogen) atoms. The van der Waals surface area contributed by atoms with Gasteiger partial charge in [-0.3, -0.25) is 9.89 Å². The monoisotopic (exact) mass is 313 g/mol. The number of hydrogen-bond donors (Lipinski definition) is 2. The Morgan fingerprint density at radius 2 is 2.09 bits per heavy atom. The van der Waals surface area contributed by atoms with Gasteiger partial charge in [0.25, 0.3) is 0 Å². The molecule has 1 amide bonds. The van der Waals surface area contributed by atoms with Crippen molar-refractivity contribution < 1.29 is 14.7 Å². The van der Waals surface area contributed by atoms with Crippen molar-refractivity contribution in [3.05, 3.63) is 53.3 Å². The fraction of sp³-hybridized carbons (Fsp3) is 0.353. The summed E-state index contributed by atoms with van der Waals surface area (Å²) in [7, 11) is 0. The fourth-order valence-corrected chi connectivity index (χ4v) is 3.05. The molecule has 6 nitrogen and oxygen atoms in total. The lowest BCUT2D eigenvalue weighted by Crippen LogP contribution is -2.38. The number of carboxylic acid groups (broad SMARTS) is 1. The summed E-state index contributed by atoms with van der Waals surface area (Å²) in [6, 6.07) is 6.57. The Balaban J connectivity index is 1.57. The number of amides is 1. The molecule has 2 N–H and O–H groups in total. The van der Waals surface area contributed by atoms with Crippen molar-refractivity contribution in [3.63, 3.8) is 0 Å². The van der Waals surface area contributed by atoms with Crippen LogP contribution < -0.4 is 0 Å². The molecule has 2 aromatic rings. The van der Waals surface area contributed by atoms with Gasteiger partial charge in [-0.25, -0.2) is 4.79 Å². The number of carbonyl (C=O) groups excluding carboxylic acids is 1. The maximum Gasteiger partial charge on any atom is 0.335 e. The van der Waals surface area contributed by atoms with Crippen LogP contribution in [0, 0.1) is 0 Å². The third kappa shape index (κ3) is 3.59. The molecule has 2 heterocycles. The minimum Gasteiger partial charge on any atom is -0.478 e. The van der Waals surface area contributed by atoms with Gasteiger partial charge >= 0.3 is 5.97 Å². The van der Waals surface area contributed by atoms with Crippen molar-refractivity contribution in [2.75, 3.05) is 13.1 Å². The number of nitrogens with zero attached hydrogens (tertiary/aromatic N) is 2. The summed E-state index contributed by atoms with van der Waals surface area (Å²) in [4.78, 5) is 25.3. The minimum atomic E-state index is -0.972. The molecule has 1 saturated heterocycles. The van der Waals surface area contributed by atoms with Gasteiger partial charge < -0.3 is 10.0 Å². The average Bonchev–Trinajstić information content (AvgIpc) is 3.09. The van der Waals surface area contributed by atoms with Crippen LogP contribution >= 0.6 is 0 Å². The third-order valence-electron chi connectivity index (χ3n) is 4.37. The zero-order chi connectivity index (χ0) is 16.2. The van der Waals surface area contributed by atoms with Gasteiger partial charge in [-0.15, -0.1) is 0 Å². The smallest absolute Gasteiger partial charge is 0.335 e. The van der Waals surface area contributed by atoms with Crippen LogP contribution in [-0.4, -0.2) is 45.2 Å². The molecule has 0 aliphatic carbocycles. The van der Waals surface area contributed by atoms with E-state index in [1.807, 2.05) is 17.3 Å². The molecule has 0 bridgehead atoms. The van der Waals surface area contributed by atoms with Gasteiger partial charge in [-0.05, 0) is 42.0 Å². The number of H-pyrrole nitrogens is 1. The second-order valence-electron chi connectivity index (χ2n) is 5.87. The van der Waals surface area contributed by atoms with Crippen molar-refractivity contribution >= 4 is 11.9 Å². The number of benzene rings is 1. The Labute approximate surface area is 134 Å². The second kappa shape index (κ2) is 6.64. The minimum absolute atomic E-state index is 0.0539. The molecule has 120 valence electrons. The predicted molar refractivity (Wildman–Crippen MR) is 84.2 cm³/mol. The highest BCUT2D eigenvalue weighted by molar-refractivity contribution is 5.88. The number of aromatic amines is 1. The normalized spacial score (nSPS) is 15.6. The van der Waals surface area contributed by atoms with E-state index in [0.717, 1.165) is 31.5 Å². The zero-order valence-corrected chi connectivity index (χ0v) is 12.7. The topological polar surface area (TPSA) is 86.3 Å². The summed E-state index contributed by atoms with van der Waals surface area (Å²) in [5, 5.41) is 15.8. The Hall–Kier alpha value is -2.63. The molecule has 6 heteroatoms. The first kappa shape index (κ1) is 15.3. The predicted octanol–water partition coefficient (Wildman–Crippen LogP) is 2.06. The van der Waals surface area contributed by atoms with Crippen molar-refractivity contribution in [3.8, 4) is 0 Å². The van der Waals surface area contributed by atoms with Crippen LogP contribution in [0.3, 0.4) is 0 Å². The molecule has 1 aliphatic rings. The molecule has 1 aromatic heterocycles. The van der Waals surface area contributed by atoms with E-state index in [1.54, 1.807) is 18.2 Å². The number of rotatable bonds is 4. The van der Waals surface area contributed by atoms with Crippen molar-refractivity contribution in [1.82, 2.24) is 15.1 Å². The number of nitrogens with one attached hydrogen (secondary N) is 1. The van der Waals surface area contributed by atoms with Crippen molar-refractivity contribution in [2.24, 2.45) is 0 Å². The molecular formula is C17H19N3O3. The maximum absolute atomic E-state index is 12.4. The van der Waals surface area contributed by atoms with Gasteiger partial charge in [0.05, 0.1) is 18.2 Å².